The monoisotopic (exact) mass is 512 g/mol. The number of nitrogens with zero attached hydrogens (tertiary/aromatic N) is 1. The molecule has 1 fully saturated rings. The Hall–Kier alpha value is -3.71. The van der Waals surface area contributed by atoms with E-state index in [-0.39, 0.29) is 29.1 Å². The van der Waals surface area contributed by atoms with Crippen LogP contribution in [-0.4, -0.2) is 29.9 Å². The Kier molecular flexibility index (Phi) is 7.47. The number of carbonyl (C=O) groups is 2. The van der Waals surface area contributed by atoms with Crippen LogP contribution in [0, 0.1) is 11.8 Å². The summed E-state index contributed by atoms with van der Waals surface area (Å²) in [4.78, 5) is 29.9. The van der Waals surface area contributed by atoms with Gasteiger partial charge in [0.2, 0.25) is 11.8 Å². The summed E-state index contributed by atoms with van der Waals surface area (Å²) >= 11 is 0. The molecule has 0 radical (unpaired) electrons. The van der Waals surface area contributed by atoms with Gasteiger partial charge in [-0.2, -0.15) is 0 Å². The van der Waals surface area contributed by atoms with Crippen molar-refractivity contribution < 1.29 is 14.3 Å². The van der Waals surface area contributed by atoms with Gasteiger partial charge in [0.25, 0.3) is 0 Å². The summed E-state index contributed by atoms with van der Waals surface area (Å²) in [5.74, 6) is 1.68. The molecule has 2 aliphatic rings. The molecule has 0 spiro atoms. The van der Waals surface area contributed by atoms with Crippen LogP contribution in [0.5, 0.6) is 11.5 Å². The number of anilines is 2. The number of benzene rings is 2. The van der Waals surface area contributed by atoms with Crippen LogP contribution in [0.25, 0.3) is 0 Å². The van der Waals surface area contributed by atoms with E-state index in [0.29, 0.717) is 30.3 Å². The zero-order valence-corrected chi connectivity index (χ0v) is 22.3. The highest BCUT2D eigenvalue weighted by Crippen LogP contribution is 2.32. The van der Waals surface area contributed by atoms with Gasteiger partial charge in [0.15, 0.2) is 0 Å². The molecule has 2 amide bonds. The van der Waals surface area contributed by atoms with Gasteiger partial charge < -0.3 is 20.7 Å². The molecule has 2 atom stereocenters. The van der Waals surface area contributed by atoms with E-state index in [9.17, 15) is 9.59 Å². The van der Waals surface area contributed by atoms with Crippen molar-refractivity contribution in [1.29, 1.82) is 0 Å². The minimum Gasteiger partial charge on any atom is -0.457 e. The number of nitrogens with one attached hydrogen (secondary N) is 3. The van der Waals surface area contributed by atoms with Crippen LogP contribution >= 0.6 is 0 Å². The maximum absolute atomic E-state index is 13.1. The van der Waals surface area contributed by atoms with E-state index in [1.54, 1.807) is 18.3 Å². The Morgan fingerprint density at radius 2 is 1.74 bits per heavy atom. The van der Waals surface area contributed by atoms with Gasteiger partial charge >= 0.3 is 0 Å². The normalized spacial score (nSPS) is 18.9. The summed E-state index contributed by atoms with van der Waals surface area (Å²) in [6, 6.07) is 17.7. The summed E-state index contributed by atoms with van der Waals surface area (Å²) in [7, 11) is 0. The molecule has 7 nitrogen and oxygen atoms in total. The minimum absolute atomic E-state index is 0.0233. The predicted octanol–water partition coefficient (Wildman–Crippen LogP) is 5.46. The molecule has 1 aliphatic carbocycles. The summed E-state index contributed by atoms with van der Waals surface area (Å²) < 4.78 is 6.12. The smallest absolute Gasteiger partial charge is 0.229 e. The molecule has 2 heterocycles. The van der Waals surface area contributed by atoms with Gasteiger partial charge in [0, 0.05) is 30.4 Å². The van der Waals surface area contributed by atoms with Crippen molar-refractivity contribution in [3.63, 3.8) is 0 Å². The summed E-state index contributed by atoms with van der Waals surface area (Å²) in [6.07, 6.45) is 4.81. The van der Waals surface area contributed by atoms with Gasteiger partial charge in [-0.1, -0.05) is 39.0 Å². The highest BCUT2D eigenvalue weighted by Gasteiger charge is 2.26. The zero-order chi connectivity index (χ0) is 26.7. The van der Waals surface area contributed by atoms with Crippen LogP contribution in [-0.2, 0) is 27.8 Å². The van der Waals surface area contributed by atoms with Gasteiger partial charge in [-0.15, -0.1) is 0 Å². The molecule has 3 N–H and O–H groups in total. The number of amides is 2. The average Bonchev–Trinajstić information content (AvgIpc) is 3.44. The number of fused-ring (bicyclic) bond motifs is 1. The fourth-order valence-electron chi connectivity index (χ4n) is 5.11. The molecule has 38 heavy (non-hydrogen) atoms. The van der Waals surface area contributed by atoms with E-state index < -0.39 is 0 Å². The molecule has 0 bridgehead atoms. The summed E-state index contributed by atoms with van der Waals surface area (Å²) in [5.41, 5.74) is 4.45. The number of pyridine rings is 1. The first kappa shape index (κ1) is 25.9. The average molecular weight is 513 g/mol. The maximum Gasteiger partial charge on any atom is 0.229 e. The van der Waals surface area contributed by atoms with Crippen LogP contribution in [0.2, 0.25) is 0 Å². The Balaban J connectivity index is 1.23. The van der Waals surface area contributed by atoms with Crippen molar-refractivity contribution in [2.24, 2.45) is 11.8 Å². The van der Waals surface area contributed by atoms with Crippen LogP contribution in [0.3, 0.4) is 0 Å². The first-order valence-corrected chi connectivity index (χ1v) is 13.4. The van der Waals surface area contributed by atoms with Crippen molar-refractivity contribution >= 4 is 23.3 Å². The van der Waals surface area contributed by atoms with Gasteiger partial charge in [0.1, 0.15) is 17.3 Å². The Morgan fingerprint density at radius 1 is 0.921 bits per heavy atom. The third kappa shape index (κ3) is 6.22. The van der Waals surface area contributed by atoms with Gasteiger partial charge in [-0.3, -0.25) is 9.59 Å². The number of aromatic nitrogens is 1. The van der Waals surface area contributed by atoms with Crippen LogP contribution in [0.15, 0.2) is 60.8 Å². The lowest BCUT2D eigenvalue weighted by molar-refractivity contribution is -0.120. The van der Waals surface area contributed by atoms with E-state index in [1.807, 2.05) is 24.3 Å². The van der Waals surface area contributed by atoms with Crippen molar-refractivity contribution in [3.8, 4) is 11.5 Å². The number of hydrogen-bond donors (Lipinski definition) is 3. The van der Waals surface area contributed by atoms with Crippen molar-refractivity contribution in [2.75, 3.05) is 23.7 Å². The molecule has 198 valence electrons. The molecule has 1 unspecified atom stereocenters. The highest BCUT2D eigenvalue weighted by molar-refractivity contribution is 5.93. The van der Waals surface area contributed by atoms with Crippen molar-refractivity contribution in [2.45, 2.75) is 51.9 Å². The van der Waals surface area contributed by atoms with E-state index in [2.05, 4.69) is 59.9 Å². The minimum atomic E-state index is -0.0936. The van der Waals surface area contributed by atoms with Crippen molar-refractivity contribution in [3.05, 3.63) is 77.5 Å². The third-order valence-corrected chi connectivity index (χ3v) is 7.42. The van der Waals surface area contributed by atoms with Crippen LogP contribution in [0.1, 0.15) is 50.3 Å². The van der Waals surface area contributed by atoms with E-state index in [0.717, 1.165) is 37.1 Å². The van der Waals surface area contributed by atoms with Crippen LogP contribution < -0.4 is 20.7 Å². The third-order valence-electron chi connectivity index (χ3n) is 7.42. The molecule has 7 heteroatoms. The summed E-state index contributed by atoms with van der Waals surface area (Å²) in [6.45, 7) is 8.06. The Bertz CT molecular complexity index is 1320. The Morgan fingerprint density at radius 3 is 2.53 bits per heavy atom. The first-order valence-electron chi connectivity index (χ1n) is 13.4. The molecular weight excluding hydrogens is 476 g/mol. The molecule has 1 saturated heterocycles. The largest absolute Gasteiger partial charge is 0.457 e. The quantitative estimate of drug-likeness (QED) is 0.408. The van der Waals surface area contributed by atoms with Crippen molar-refractivity contribution in [1.82, 2.24) is 10.3 Å². The molecule has 1 aliphatic heterocycles. The molecule has 2 aromatic carbocycles. The number of ether oxygens (including phenoxy) is 1. The van der Waals surface area contributed by atoms with E-state index >= 15 is 0 Å². The summed E-state index contributed by atoms with van der Waals surface area (Å²) in [5, 5.41) is 9.24. The lowest BCUT2D eigenvalue weighted by atomic mass is 9.83. The second-order valence-electron chi connectivity index (χ2n) is 11.3. The fraction of sp³-hybridized carbons (Fsp3) is 0.387. The van der Waals surface area contributed by atoms with Gasteiger partial charge in [-0.05, 0) is 84.7 Å². The topological polar surface area (TPSA) is 92.3 Å². The number of rotatable bonds is 6. The number of carbonyl (C=O) groups excluding carboxylic acids is 2. The van der Waals surface area contributed by atoms with Crippen LogP contribution in [0.4, 0.5) is 11.5 Å². The van der Waals surface area contributed by atoms with E-state index in [1.165, 1.54) is 11.1 Å². The molecule has 0 saturated carbocycles. The lowest BCUT2D eigenvalue weighted by Crippen LogP contribution is -2.28. The first-order chi connectivity index (χ1) is 18.2. The van der Waals surface area contributed by atoms with E-state index in [4.69, 9.17) is 4.74 Å². The Labute approximate surface area is 224 Å². The number of aryl methyl sites for hydroxylation is 1. The highest BCUT2D eigenvalue weighted by atomic mass is 16.5. The maximum atomic E-state index is 13.1. The fourth-order valence-corrected chi connectivity index (χ4v) is 5.11. The SMILES string of the molecule is CC(C)(C)c1cccc(NC(=O)C2CCc3ccc(Oc4ccnc(NC(=O)[C@H]5CCNC5)c4)cc3C2)c1. The molecule has 5 rings (SSSR count). The molecular formula is C31H36N4O3. The van der Waals surface area contributed by atoms with Gasteiger partial charge in [0.05, 0.1) is 5.92 Å². The second-order valence-corrected chi connectivity index (χ2v) is 11.3. The lowest BCUT2D eigenvalue weighted by Gasteiger charge is -2.25. The number of hydrogen-bond acceptors (Lipinski definition) is 5. The standard InChI is InChI=1S/C31H36N4O3/c1-31(2,3)24-5-4-6-25(17-24)34-29(36)21-8-7-20-9-10-26(16-23(20)15-21)38-27-12-14-33-28(18-27)35-30(37)22-11-13-32-19-22/h4-6,9-10,12,14,16-18,21-22,32H,7-8,11,13,15,19H2,1-3H3,(H,34,36)(H,33,35,37)/t21?,22-/m0/s1. The molecule has 1 aromatic heterocycles. The van der Waals surface area contributed by atoms with Gasteiger partial charge in [-0.25, -0.2) is 4.98 Å². The second kappa shape index (κ2) is 11.0. The molecule has 3 aromatic rings. The zero-order valence-electron chi connectivity index (χ0n) is 22.3. The predicted molar refractivity (Wildman–Crippen MR) is 150 cm³/mol.